The first-order chi connectivity index (χ1) is 19.1. The molecule has 2 saturated heterocycles. The first-order valence-corrected chi connectivity index (χ1v) is 13.1. The molecule has 2 aliphatic carbocycles. The zero-order valence-electron chi connectivity index (χ0n) is 21.9. The van der Waals surface area contributed by atoms with Crippen LogP contribution in [0.2, 0.25) is 0 Å². The van der Waals surface area contributed by atoms with Crippen molar-refractivity contribution in [3.8, 4) is 17.2 Å². The van der Waals surface area contributed by atoms with E-state index in [0.29, 0.717) is 13.2 Å². The number of rotatable bonds is 5. The van der Waals surface area contributed by atoms with Crippen LogP contribution in [-0.2, 0) is 20.7 Å². The summed E-state index contributed by atoms with van der Waals surface area (Å²) in [6, 6.07) is 3.43. The number of phenolic OH excluding ortho intramolecular Hbond substituents is 2. The van der Waals surface area contributed by atoms with Crippen molar-refractivity contribution in [3.63, 3.8) is 0 Å². The molecule has 2 aliphatic heterocycles. The molecular formula is C28H30N2O10. The molecule has 40 heavy (non-hydrogen) atoms. The lowest BCUT2D eigenvalue weighted by atomic mass is 9.71. The summed E-state index contributed by atoms with van der Waals surface area (Å²) in [7, 11) is 1.35. The summed E-state index contributed by atoms with van der Waals surface area (Å²) in [4.78, 5) is 40.0. The van der Waals surface area contributed by atoms with Crippen molar-refractivity contribution in [2.75, 3.05) is 20.4 Å². The van der Waals surface area contributed by atoms with Crippen molar-refractivity contribution in [2.45, 2.75) is 62.3 Å². The number of hydrogen-bond donors (Lipinski definition) is 6. The van der Waals surface area contributed by atoms with E-state index in [1.165, 1.54) is 25.3 Å². The first-order valence-electron chi connectivity index (χ1n) is 13.1. The molecule has 0 aromatic heterocycles. The van der Waals surface area contributed by atoms with Crippen molar-refractivity contribution < 1.29 is 49.0 Å². The molecule has 12 nitrogen and oxygen atoms in total. The van der Waals surface area contributed by atoms with Crippen LogP contribution in [0.3, 0.4) is 0 Å². The van der Waals surface area contributed by atoms with Crippen LogP contribution in [0, 0.1) is 0 Å². The number of fused-ring (bicyclic) bond motifs is 4. The molecule has 2 aromatic carbocycles. The van der Waals surface area contributed by atoms with E-state index in [-0.39, 0.29) is 58.2 Å². The molecule has 0 bridgehead atoms. The molecule has 2 fully saturated rings. The van der Waals surface area contributed by atoms with Crippen LogP contribution in [0.5, 0.6) is 17.2 Å². The highest BCUT2D eigenvalue weighted by atomic mass is 16.6. The van der Waals surface area contributed by atoms with Gasteiger partial charge in [-0.2, -0.15) is 0 Å². The summed E-state index contributed by atoms with van der Waals surface area (Å²) in [6.07, 6.45) is -1.41. The number of methoxy groups -OCH3 is 1. The number of Topliss-reactive ketones (excluding diaryl/α,β-unsaturated/α-hetero) is 1. The van der Waals surface area contributed by atoms with Gasteiger partial charge in [0.05, 0.1) is 36.6 Å². The van der Waals surface area contributed by atoms with Crippen molar-refractivity contribution in [3.05, 3.63) is 51.6 Å². The molecule has 6 N–H and O–H groups in total. The highest BCUT2D eigenvalue weighted by Gasteiger charge is 2.50. The minimum absolute atomic E-state index is 0.0101. The minimum atomic E-state index is -2.13. The van der Waals surface area contributed by atoms with Gasteiger partial charge < -0.3 is 34.6 Å². The minimum Gasteiger partial charge on any atom is -0.507 e. The third-order valence-electron chi connectivity index (χ3n) is 8.50. The van der Waals surface area contributed by atoms with E-state index in [4.69, 9.17) is 14.2 Å². The predicted molar refractivity (Wildman–Crippen MR) is 136 cm³/mol. The number of aliphatic hydroxyl groups is 2. The summed E-state index contributed by atoms with van der Waals surface area (Å²) in [5.74, 6) is -3.33. The number of nitrogens with one attached hydrogen (secondary N) is 2. The molecule has 0 amide bonds. The smallest absolute Gasteiger partial charge is 0.202 e. The van der Waals surface area contributed by atoms with Crippen LogP contribution in [0.1, 0.15) is 68.8 Å². The van der Waals surface area contributed by atoms with Crippen molar-refractivity contribution in [1.29, 1.82) is 0 Å². The molecule has 2 heterocycles. The molecule has 0 radical (unpaired) electrons. The Bertz CT molecular complexity index is 1440. The summed E-state index contributed by atoms with van der Waals surface area (Å²) in [6.45, 7) is 1.27. The van der Waals surface area contributed by atoms with Gasteiger partial charge in [0.1, 0.15) is 41.8 Å². The lowest BCUT2D eigenvalue weighted by Crippen LogP contribution is -2.55. The van der Waals surface area contributed by atoms with E-state index in [1.807, 2.05) is 6.92 Å². The second-order valence-corrected chi connectivity index (χ2v) is 10.7. The third kappa shape index (κ3) is 3.86. The zero-order chi connectivity index (χ0) is 28.5. The van der Waals surface area contributed by atoms with Gasteiger partial charge in [-0.15, -0.1) is 0 Å². The van der Waals surface area contributed by atoms with Crippen LogP contribution in [0.15, 0.2) is 18.2 Å². The van der Waals surface area contributed by atoms with E-state index in [9.17, 15) is 34.8 Å². The van der Waals surface area contributed by atoms with Crippen molar-refractivity contribution >= 4 is 17.3 Å². The SMILES string of the molecule is COc1cccc2c1C(=O)c1c(O)c3c(c(O)c1C2=O)C[C@@](O)(C(=O)CO)C[C@@H]3N[C@H]1CC2NCO[C@@H]2[C@H](C)O1. The average molecular weight is 555 g/mol. The molecule has 12 heteroatoms. The van der Waals surface area contributed by atoms with Gasteiger partial charge in [-0.25, -0.2) is 0 Å². The summed E-state index contributed by atoms with van der Waals surface area (Å²) >= 11 is 0. The van der Waals surface area contributed by atoms with E-state index in [1.54, 1.807) is 0 Å². The Labute approximate surface area is 228 Å². The van der Waals surface area contributed by atoms with Gasteiger partial charge in [-0.3, -0.25) is 25.0 Å². The van der Waals surface area contributed by atoms with E-state index >= 15 is 0 Å². The maximum atomic E-state index is 13.7. The van der Waals surface area contributed by atoms with Gasteiger partial charge in [0.25, 0.3) is 0 Å². The number of aromatic hydroxyl groups is 2. The molecule has 6 rings (SSSR count). The molecule has 212 valence electrons. The Morgan fingerprint density at radius 1 is 1.18 bits per heavy atom. The Morgan fingerprint density at radius 3 is 2.65 bits per heavy atom. The van der Waals surface area contributed by atoms with E-state index in [0.717, 1.165) is 0 Å². The highest BCUT2D eigenvalue weighted by molar-refractivity contribution is 6.31. The van der Waals surface area contributed by atoms with Crippen LogP contribution in [0.4, 0.5) is 0 Å². The number of ether oxygens (including phenoxy) is 3. The van der Waals surface area contributed by atoms with E-state index < -0.39 is 65.3 Å². The van der Waals surface area contributed by atoms with Gasteiger partial charge in [0, 0.05) is 48.0 Å². The lowest BCUT2D eigenvalue weighted by molar-refractivity contribution is -0.145. The van der Waals surface area contributed by atoms with Crippen LogP contribution in [0.25, 0.3) is 0 Å². The van der Waals surface area contributed by atoms with Gasteiger partial charge in [0.2, 0.25) is 5.78 Å². The number of aliphatic hydroxyl groups excluding tert-OH is 1. The fraction of sp³-hybridized carbons (Fsp3) is 0.464. The molecular weight excluding hydrogens is 524 g/mol. The highest BCUT2D eigenvalue weighted by Crippen LogP contribution is 2.51. The normalized spacial score (nSPS) is 30.8. The molecule has 6 atom stereocenters. The summed E-state index contributed by atoms with van der Waals surface area (Å²) < 4.78 is 17.1. The Hall–Kier alpha value is -3.39. The van der Waals surface area contributed by atoms with Crippen molar-refractivity contribution in [2.24, 2.45) is 0 Å². The number of benzene rings is 2. The maximum Gasteiger partial charge on any atom is 0.202 e. The van der Waals surface area contributed by atoms with Gasteiger partial charge in [0.15, 0.2) is 11.6 Å². The molecule has 0 spiro atoms. The third-order valence-corrected chi connectivity index (χ3v) is 8.50. The molecule has 4 aliphatic rings. The zero-order valence-corrected chi connectivity index (χ0v) is 21.9. The Balaban J connectivity index is 1.49. The number of carbonyl (C=O) groups excluding carboxylic acids is 3. The number of ketones is 3. The van der Waals surface area contributed by atoms with Crippen LogP contribution in [-0.4, -0.2) is 88.3 Å². The largest absolute Gasteiger partial charge is 0.507 e. The number of phenols is 2. The Morgan fingerprint density at radius 2 is 1.93 bits per heavy atom. The molecule has 1 unspecified atom stereocenters. The maximum absolute atomic E-state index is 13.7. The van der Waals surface area contributed by atoms with Gasteiger partial charge >= 0.3 is 0 Å². The fourth-order valence-electron chi connectivity index (χ4n) is 6.60. The van der Waals surface area contributed by atoms with Crippen molar-refractivity contribution in [1.82, 2.24) is 10.6 Å². The topological polar surface area (TPSA) is 184 Å². The number of carbonyl (C=O) groups is 3. The van der Waals surface area contributed by atoms with Crippen LogP contribution < -0.4 is 15.4 Å². The van der Waals surface area contributed by atoms with Gasteiger partial charge in [-0.1, -0.05) is 12.1 Å². The molecule has 0 saturated carbocycles. The first kappa shape index (κ1) is 26.8. The second-order valence-electron chi connectivity index (χ2n) is 10.7. The summed E-state index contributed by atoms with van der Waals surface area (Å²) in [5, 5.41) is 50.5. The molecule has 2 aromatic rings. The summed E-state index contributed by atoms with van der Waals surface area (Å²) in [5.41, 5.74) is -2.97. The standard InChI is InChI=1S/C28H30N2O10/c1-11-27-14(29-10-39-27)6-18(40-11)30-15-8-28(37,17(32)9-31)7-13-19(15)25(35)22-21(24(13)34)23(33)12-4-3-5-16(38-2)20(12)26(22)36/h3-5,11,14-15,18,27,29-31,34-35,37H,6-10H2,1-2H3/t11-,14?,15-,18+,27+,28-/m0/s1. The van der Waals surface area contributed by atoms with Gasteiger partial charge in [-0.05, 0) is 13.0 Å². The number of hydrogen-bond acceptors (Lipinski definition) is 12. The van der Waals surface area contributed by atoms with E-state index in [2.05, 4.69) is 10.6 Å². The monoisotopic (exact) mass is 554 g/mol. The quantitative estimate of drug-likeness (QED) is 0.236. The lowest BCUT2D eigenvalue weighted by Gasteiger charge is -2.42. The Kier molecular flexibility index (Phi) is 6.44. The van der Waals surface area contributed by atoms with Crippen LogP contribution >= 0.6 is 0 Å². The second kappa shape index (κ2) is 9.61. The fourth-order valence-corrected chi connectivity index (χ4v) is 6.60. The predicted octanol–water partition coefficient (Wildman–Crippen LogP) is 0.201. The average Bonchev–Trinajstić information content (AvgIpc) is 3.41.